The van der Waals surface area contributed by atoms with Gasteiger partial charge in [0.1, 0.15) is 6.04 Å². The monoisotopic (exact) mass is 192 g/mol. The van der Waals surface area contributed by atoms with Crippen LogP contribution in [0.1, 0.15) is 30.3 Å². The Kier molecular flexibility index (Phi) is 2.32. The number of aryl methyl sites for hydroxylation is 2. The molecule has 1 N–H and O–H groups in total. The Morgan fingerprint density at radius 1 is 1.36 bits per heavy atom. The molecule has 0 spiro atoms. The van der Waals surface area contributed by atoms with E-state index < -0.39 is 0 Å². The zero-order valence-corrected chi connectivity index (χ0v) is 8.71. The molecular formula is C11H16N2O. The van der Waals surface area contributed by atoms with Crippen molar-refractivity contribution in [3.05, 3.63) is 23.5 Å². The summed E-state index contributed by atoms with van der Waals surface area (Å²) in [5.74, 6) is 0.165. The van der Waals surface area contributed by atoms with Crippen molar-refractivity contribution in [1.29, 1.82) is 0 Å². The molecule has 0 aliphatic carbocycles. The van der Waals surface area contributed by atoms with Gasteiger partial charge in [0.15, 0.2) is 0 Å². The fourth-order valence-corrected chi connectivity index (χ4v) is 2.17. The third-order valence-electron chi connectivity index (χ3n) is 2.89. The van der Waals surface area contributed by atoms with Gasteiger partial charge in [0, 0.05) is 17.9 Å². The normalized spacial score (nSPS) is 22.1. The zero-order valence-electron chi connectivity index (χ0n) is 8.71. The first-order valence-corrected chi connectivity index (χ1v) is 5.12. The minimum atomic E-state index is 0.0127. The highest BCUT2D eigenvalue weighted by molar-refractivity contribution is 5.81. The number of carbonyl (C=O) groups excluding carboxylic acids is 1. The maximum atomic E-state index is 11.7. The van der Waals surface area contributed by atoms with Crippen molar-refractivity contribution in [2.45, 2.75) is 32.7 Å². The molecule has 0 aromatic carbocycles. The fraction of sp³-hybridized carbons (Fsp3) is 0.545. The Morgan fingerprint density at radius 2 is 2.00 bits per heavy atom. The van der Waals surface area contributed by atoms with E-state index >= 15 is 0 Å². The highest BCUT2D eigenvalue weighted by Gasteiger charge is 2.24. The quantitative estimate of drug-likeness (QED) is 0.719. The summed E-state index contributed by atoms with van der Waals surface area (Å²) < 4.78 is 2.13. The van der Waals surface area contributed by atoms with E-state index in [1.807, 2.05) is 0 Å². The number of piperidine rings is 1. The Morgan fingerprint density at radius 3 is 2.57 bits per heavy atom. The summed E-state index contributed by atoms with van der Waals surface area (Å²) in [6.45, 7) is 4.93. The summed E-state index contributed by atoms with van der Waals surface area (Å²) >= 11 is 0. The van der Waals surface area contributed by atoms with Crippen LogP contribution in [0, 0.1) is 13.8 Å². The van der Waals surface area contributed by atoms with Crippen molar-refractivity contribution in [1.82, 2.24) is 9.88 Å². The van der Waals surface area contributed by atoms with E-state index in [2.05, 4.69) is 35.9 Å². The lowest BCUT2D eigenvalue weighted by atomic mass is 10.1. The maximum Gasteiger partial charge on any atom is 0.243 e. The summed E-state index contributed by atoms with van der Waals surface area (Å²) in [4.78, 5) is 11.7. The van der Waals surface area contributed by atoms with Crippen LogP contribution in [-0.2, 0) is 4.79 Å². The number of amides is 1. The molecule has 0 bridgehead atoms. The number of hydrogen-bond donors (Lipinski definition) is 1. The van der Waals surface area contributed by atoms with Crippen LogP contribution in [0.4, 0.5) is 0 Å². The molecule has 3 heteroatoms. The molecule has 0 saturated carbocycles. The van der Waals surface area contributed by atoms with Crippen molar-refractivity contribution < 1.29 is 4.79 Å². The highest BCUT2D eigenvalue weighted by atomic mass is 16.2. The van der Waals surface area contributed by atoms with E-state index in [9.17, 15) is 4.79 Å². The van der Waals surface area contributed by atoms with Crippen molar-refractivity contribution >= 4 is 5.91 Å². The zero-order chi connectivity index (χ0) is 10.1. The number of aromatic nitrogens is 1. The smallest absolute Gasteiger partial charge is 0.243 e. The average molecular weight is 192 g/mol. The summed E-state index contributed by atoms with van der Waals surface area (Å²) in [6, 6.07) is 4.15. The Hall–Kier alpha value is -1.25. The molecule has 1 aromatic rings. The molecule has 1 saturated heterocycles. The van der Waals surface area contributed by atoms with Gasteiger partial charge in [0.2, 0.25) is 5.91 Å². The van der Waals surface area contributed by atoms with Gasteiger partial charge in [-0.05, 0) is 38.8 Å². The molecule has 3 nitrogen and oxygen atoms in total. The van der Waals surface area contributed by atoms with Crippen LogP contribution in [0.15, 0.2) is 12.1 Å². The minimum Gasteiger partial charge on any atom is -0.354 e. The van der Waals surface area contributed by atoms with E-state index in [0.29, 0.717) is 0 Å². The molecule has 76 valence electrons. The third-order valence-corrected chi connectivity index (χ3v) is 2.89. The molecule has 1 aliphatic rings. The van der Waals surface area contributed by atoms with Gasteiger partial charge in [-0.1, -0.05) is 0 Å². The first kappa shape index (κ1) is 9.31. The predicted molar refractivity (Wildman–Crippen MR) is 55.2 cm³/mol. The molecular weight excluding hydrogens is 176 g/mol. The molecule has 2 rings (SSSR count). The Labute approximate surface area is 84.1 Å². The number of rotatable bonds is 1. The average Bonchev–Trinajstić information content (AvgIpc) is 2.48. The summed E-state index contributed by atoms with van der Waals surface area (Å²) in [6.07, 6.45) is 2.04. The molecule has 1 unspecified atom stereocenters. The molecule has 14 heavy (non-hydrogen) atoms. The van der Waals surface area contributed by atoms with Crippen molar-refractivity contribution in [3.63, 3.8) is 0 Å². The van der Waals surface area contributed by atoms with Crippen LogP contribution in [0.2, 0.25) is 0 Å². The van der Waals surface area contributed by atoms with Gasteiger partial charge in [-0.3, -0.25) is 4.79 Å². The van der Waals surface area contributed by atoms with Gasteiger partial charge in [-0.25, -0.2) is 0 Å². The Balaban J connectivity index is 2.33. The number of carbonyl (C=O) groups is 1. The van der Waals surface area contributed by atoms with E-state index in [0.717, 1.165) is 19.4 Å². The molecule has 0 radical (unpaired) electrons. The molecule has 2 heterocycles. The second kappa shape index (κ2) is 3.48. The molecule has 1 atom stereocenters. The van der Waals surface area contributed by atoms with E-state index in [1.54, 1.807) is 0 Å². The van der Waals surface area contributed by atoms with Crippen molar-refractivity contribution in [2.24, 2.45) is 0 Å². The van der Waals surface area contributed by atoms with E-state index in [1.165, 1.54) is 11.4 Å². The van der Waals surface area contributed by atoms with Gasteiger partial charge in [0.25, 0.3) is 0 Å². The standard InChI is InChI=1S/C11H16N2O/c1-8-5-6-9(2)13(8)10-4-3-7-12-11(10)14/h5-6,10H,3-4,7H2,1-2H3,(H,12,14). The minimum absolute atomic E-state index is 0.0127. The summed E-state index contributed by atoms with van der Waals surface area (Å²) in [7, 11) is 0. The van der Waals surface area contributed by atoms with Crippen LogP contribution >= 0.6 is 0 Å². The van der Waals surface area contributed by atoms with Crippen LogP contribution in [-0.4, -0.2) is 17.0 Å². The maximum absolute atomic E-state index is 11.7. The highest BCUT2D eigenvalue weighted by Crippen LogP contribution is 2.22. The molecule has 1 aliphatic heterocycles. The lowest BCUT2D eigenvalue weighted by Gasteiger charge is -2.25. The molecule has 1 fully saturated rings. The molecule has 1 aromatic heterocycles. The first-order valence-electron chi connectivity index (χ1n) is 5.12. The first-order chi connectivity index (χ1) is 6.70. The fourth-order valence-electron chi connectivity index (χ4n) is 2.17. The van der Waals surface area contributed by atoms with E-state index in [4.69, 9.17) is 0 Å². The number of nitrogens with zero attached hydrogens (tertiary/aromatic N) is 1. The summed E-state index contributed by atoms with van der Waals surface area (Å²) in [5, 5.41) is 2.92. The topological polar surface area (TPSA) is 34.0 Å². The largest absolute Gasteiger partial charge is 0.354 e. The lowest BCUT2D eigenvalue weighted by molar-refractivity contribution is -0.125. The van der Waals surface area contributed by atoms with Gasteiger partial charge in [-0.15, -0.1) is 0 Å². The second-order valence-electron chi connectivity index (χ2n) is 3.94. The Bertz CT molecular complexity index is 335. The van der Waals surface area contributed by atoms with Crippen LogP contribution in [0.25, 0.3) is 0 Å². The van der Waals surface area contributed by atoms with Gasteiger partial charge in [-0.2, -0.15) is 0 Å². The van der Waals surface area contributed by atoms with Crippen LogP contribution in [0.3, 0.4) is 0 Å². The van der Waals surface area contributed by atoms with E-state index in [-0.39, 0.29) is 11.9 Å². The lowest BCUT2D eigenvalue weighted by Crippen LogP contribution is -2.38. The van der Waals surface area contributed by atoms with Gasteiger partial charge >= 0.3 is 0 Å². The second-order valence-corrected chi connectivity index (χ2v) is 3.94. The van der Waals surface area contributed by atoms with Crippen LogP contribution < -0.4 is 5.32 Å². The van der Waals surface area contributed by atoms with Gasteiger partial charge < -0.3 is 9.88 Å². The number of hydrogen-bond acceptors (Lipinski definition) is 1. The summed E-state index contributed by atoms with van der Waals surface area (Å²) in [5.41, 5.74) is 2.34. The molecule has 1 amide bonds. The number of nitrogens with one attached hydrogen (secondary N) is 1. The van der Waals surface area contributed by atoms with Gasteiger partial charge in [0.05, 0.1) is 0 Å². The van der Waals surface area contributed by atoms with Crippen LogP contribution in [0.5, 0.6) is 0 Å². The SMILES string of the molecule is Cc1ccc(C)n1C1CCCNC1=O. The van der Waals surface area contributed by atoms with Crippen molar-refractivity contribution in [3.8, 4) is 0 Å². The third kappa shape index (κ3) is 1.43. The van der Waals surface area contributed by atoms with Crippen molar-refractivity contribution in [2.75, 3.05) is 6.54 Å². The predicted octanol–water partition coefficient (Wildman–Crippen LogP) is 1.56.